The number of aromatic nitrogens is 4. The van der Waals surface area contributed by atoms with Gasteiger partial charge in [0.2, 0.25) is 0 Å². The van der Waals surface area contributed by atoms with Crippen LogP contribution in [0.15, 0.2) is 279 Å². The molecule has 0 aliphatic carbocycles. The fourth-order valence-corrected chi connectivity index (χ4v) is 10.6. The van der Waals surface area contributed by atoms with Crippen molar-refractivity contribution in [2.24, 2.45) is 0 Å². The SMILES string of the molecule is Cc1c[c-]c(-c2ccccn2)cc1.[Ir].c1ccc(-c2cc(-c3cccc(-c4cccc(-n5c6ccccc6c6ccccc65)c4)c3)nc(-c3cccc(-c4cccc(-n5c6ccccc6c6ccccc65)c4)c3)c2)cc1. The number of aryl methyl sites for hydroxylation is 1. The molecule has 0 saturated heterocycles. The van der Waals surface area contributed by atoms with E-state index in [9.17, 15) is 0 Å². The Kier molecular flexibility index (Phi) is 13.1. The summed E-state index contributed by atoms with van der Waals surface area (Å²) >= 11 is 0. The summed E-state index contributed by atoms with van der Waals surface area (Å²) in [6.45, 7) is 2.05. The van der Waals surface area contributed by atoms with E-state index in [0.29, 0.717) is 0 Å². The fraction of sp³-hybridized carbons (Fsp3) is 0.0141. The summed E-state index contributed by atoms with van der Waals surface area (Å²) in [4.78, 5) is 9.66. The van der Waals surface area contributed by atoms with Crippen LogP contribution in [0.5, 0.6) is 0 Å². The molecule has 0 saturated carbocycles. The van der Waals surface area contributed by atoms with Crippen molar-refractivity contribution in [1.29, 1.82) is 0 Å². The number of nitrogens with zero attached hydrogens (tertiary/aromatic N) is 4. The van der Waals surface area contributed by atoms with E-state index in [2.05, 4.69) is 270 Å². The van der Waals surface area contributed by atoms with Gasteiger partial charge in [-0.3, -0.25) is 0 Å². The smallest absolute Gasteiger partial charge is 0.0715 e. The second-order valence-corrected chi connectivity index (χ2v) is 19.0. The summed E-state index contributed by atoms with van der Waals surface area (Å²) in [5.74, 6) is 0. The molecule has 0 aliphatic heterocycles. The van der Waals surface area contributed by atoms with Crippen LogP contribution in [0.3, 0.4) is 0 Å². The van der Waals surface area contributed by atoms with Gasteiger partial charge < -0.3 is 14.1 Å². The van der Waals surface area contributed by atoms with Crippen molar-refractivity contribution in [2.45, 2.75) is 6.92 Å². The van der Waals surface area contributed by atoms with Crippen molar-refractivity contribution in [3.05, 3.63) is 291 Å². The van der Waals surface area contributed by atoms with Crippen LogP contribution in [0.2, 0.25) is 0 Å². The number of benzene rings is 10. The van der Waals surface area contributed by atoms with Crippen LogP contribution in [0, 0.1) is 13.0 Å². The van der Waals surface area contributed by atoms with Gasteiger partial charge in [0.1, 0.15) is 0 Å². The van der Waals surface area contributed by atoms with Gasteiger partial charge >= 0.3 is 0 Å². The van der Waals surface area contributed by atoms with Crippen LogP contribution >= 0.6 is 0 Å². The Bertz CT molecular complexity index is 4040. The van der Waals surface area contributed by atoms with Crippen LogP contribution in [-0.4, -0.2) is 19.1 Å². The normalized spacial score (nSPS) is 11.1. The standard InChI is InChI=1S/C59H39N3.C12H10N.Ir/c1-2-16-40(17-3-1)47-38-54(45-22-12-18-41(34-45)43-20-14-24-48(36-43)61-56-30-8-4-26-50(56)51-27-5-9-31-57(51)61)60-55(39-47)46-23-13-19-42(35-46)44-21-15-25-49(37-44)62-58-32-10-6-28-52(58)53-29-7-11-33-59(53)62;1-10-5-7-11(8-6-10)12-4-2-3-9-13-12;/h1-39H;2-7,9H,1H3;/q;-1;. The first-order valence-corrected chi connectivity index (χ1v) is 25.5. The molecule has 14 aromatic rings. The van der Waals surface area contributed by atoms with E-state index in [4.69, 9.17) is 4.98 Å². The van der Waals surface area contributed by atoms with Crippen molar-refractivity contribution in [3.8, 4) is 78.5 Å². The Hall–Kier alpha value is -9.25. The zero-order valence-electron chi connectivity index (χ0n) is 41.7. The Morgan fingerprint density at radius 3 is 1.17 bits per heavy atom. The quantitative estimate of drug-likeness (QED) is 0.142. The molecule has 0 unspecified atom stereocenters. The van der Waals surface area contributed by atoms with E-state index < -0.39 is 0 Å². The third kappa shape index (κ3) is 9.24. The molecule has 0 fully saturated rings. The summed E-state index contributed by atoms with van der Waals surface area (Å²) in [5.41, 5.74) is 21.2. The third-order valence-corrected chi connectivity index (χ3v) is 14.2. The van der Waals surface area contributed by atoms with Crippen molar-refractivity contribution in [2.75, 3.05) is 0 Å². The van der Waals surface area contributed by atoms with Gasteiger partial charge in [-0.25, -0.2) is 4.98 Å². The monoisotopic (exact) mass is 1150 g/mol. The molecule has 0 N–H and O–H groups in total. The molecule has 4 heterocycles. The molecule has 0 amide bonds. The maximum absolute atomic E-state index is 5.41. The minimum Gasteiger partial charge on any atom is -0.309 e. The van der Waals surface area contributed by atoms with Crippen LogP contribution < -0.4 is 0 Å². The first-order valence-electron chi connectivity index (χ1n) is 25.5. The number of hydrogen-bond acceptors (Lipinski definition) is 2. The zero-order valence-corrected chi connectivity index (χ0v) is 44.1. The largest absolute Gasteiger partial charge is 0.309 e. The maximum Gasteiger partial charge on any atom is 0.0715 e. The number of pyridine rings is 2. The summed E-state index contributed by atoms with van der Waals surface area (Å²) in [5, 5.41) is 5.03. The molecular weight excluding hydrogens is 1100 g/mol. The number of hydrogen-bond donors (Lipinski definition) is 0. The van der Waals surface area contributed by atoms with Gasteiger partial charge in [-0.05, 0) is 118 Å². The maximum atomic E-state index is 5.41. The zero-order chi connectivity index (χ0) is 50.1. The molecule has 0 aliphatic rings. The van der Waals surface area contributed by atoms with E-state index in [1.165, 1.54) is 49.2 Å². The van der Waals surface area contributed by atoms with E-state index in [1.54, 1.807) is 6.20 Å². The van der Waals surface area contributed by atoms with Crippen LogP contribution in [0.4, 0.5) is 0 Å². The van der Waals surface area contributed by atoms with Gasteiger partial charge in [-0.15, -0.1) is 35.4 Å². The Morgan fingerprint density at radius 1 is 0.316 bits per heavy atom. The molecule has 14 rings (SSSR count). The minimum absolute atomic E-state index is 0. The molecule has 0 atom stereocenters. The number of para-hydroxylation sites is 4. The third-order valence-electron chi connectivity index (χ3n) is 14.2. The average molecular weight is 1150 g/mol. The van der Waals surface area contributed by atoms with Crippen LogP contribution in [0.25, 0.3) is 122 Å². The second kappa shape index (κ2) is 20.9. The first-order chi connectivity index (χ1) is 37.1. The predicted molar refractivity (Wildman–Crippen MR) is 313 cm³/mol. The molecule has 1 radical (unpaired) electrons. The van der Waals surface area contributed by atoms with Crippen molar-refractivity contribution < 1.29 is 20.1 Å². The van der Waals surface area contributed by atoms with Gasteiger partial charge in [0, 0.05) is 70.3 Å². The first kappa shape index (κ1) is 47.7. The van der Waals surface area contributed by atoms with Gasteiger partial charge in [0.15, 0.2) is 0 Å². The Morgan fingerprint density at radius 2 is 0.724 bits per heavy atom. The van der Waals surface area contributed by atoms with Crippen molar-refractivity contribution in [3.63, 3.8) is 0 Å². The molecule has 363 valence electrons. The van der Waals surface area contributed by atoms with E-state index >= 15 is 0 Å². The summed E-state index contributed by atoms with van der Waals surface area (Å²) in [7, 11) is 0. The Labute approximate surface area is 456 Å². The van der Waals surface area contributed by atoms with E-state index in [0.717, 1.165) is 78.5 Å². The molecule has 76 heavy (non-hydrogen) atoms. The topological polar surface area (TPSA) is 35.6 Å². The molecule has 10 aromatic carbocycles. The van der Waals surface area contributed by atoms with Gasteiger partial charge in [-0.2, -0.15) is 0 Å². The second-order valence-electron chi connectivity index (χ2n) is 19.0. The Balaban J connectivity index is 0.000000364. The molecule has 0 bridgehead atoms. The van der Waals surface area contributed by atoms with E-state index in [-0.39, 0.29) is 20.1 Å². The molecule has 4 nitrogen and oxygen atoms in total. The van der Waals surface area contributed by atoms with Gasteiger partial charge in [0.25, 0.3) is 0 Å². The van der Waals surface area contributed by atoms with Crippen molar-refractivity contribution in [1.82, 2.24) is 19.1 Å². The summed E-state index contributed by atoms with van der Waals surface area (Å²) < 4.78 is 4.76. The molecule has 4 aromatic heterocycles. The molecule has 0 spiro atoms. The summed E-state index contributed by atoms with van der Waals surface area (Å²) in [6, 6.07) is 100. The van der Waals surface area contributed by atoms with E-state index in [1.807, 2.05) is 30.3 Å². The number of fused-ring (bicyclic) bond motifs is 6. The molecular formula is C71H49IrN4-. The number of rotatable bonds is 8. The van der Waals surface area contributed by atoms with Crippen molar-refractivity contribution >= 4 is 43.6 Å². The van der Waals surface area contributed by atoms with Crippen LogP contribution in [0.1, 0.15) is 5.56 Å². The van der Waals surface area contributed by atoms with Gasteiger partial charge in [0.05, 0.1) is 33.5 Å². The van der Waals surface area contributed by atoms with Gasteiger partial charge in [-0.1, -0.05) is 183 Å². The average Bonchev–Trinajstić information content (AvgIpc) is 4.09. The summed E-state index contributed by atoms with van der Waals surface area (Å²) in [6.07, 6.45) is 1.79. The fourth-order valence-electron chi connectivity index (χ4n) is 10.6. The molecule has 5 heteroatoms. The minimum atomic E-state index is 0. The van der Waals surface area contributed by atoms with Crippen LogP contribution in [-0.2, 0) is 20.1 Å². The predicted octanol–water partition coefficient (Wildman–Crippen LogP) is 18.5.